The zero-order valence-electron chi connectivity index (χ0n) is 10.8. The Morgan fingerprint density at radius 3 is 2.38 bits per heavy atom. The zero-order valence-corrected chi connectivity index (χ0v) is 10.8. The van der Waals surface area contributed by atoms with Crippen LogP contribution >= 0.6 is 0 Å². The molecule has 0 spiro atoms. The maximum Gasteiger partial charge on any atom is 0.123 e. The van der Waals surface area contributed by atoms with Crippen LogP contribution in [-0.4, -0.2) is 6.29 Å². The largest absolute Gasteiger partial charge is 0.303 e. The Labute approximate surface area is 100.0 Å². The van der Waals surface area contributed by atoms with Crippen LogP contribution in [0.1, 0.15) is 58.8 Å². The van der Waals surface area contributed by atoms with E-state index in [9.17, 15) is 4.79 Å². The van der Waals surface area contributed by atoms with Crippen LogP contribution in [0.5, 0.6) is 0 Å². The molecule has 5 atom stereocenters. The highest BCUT2D eigenvalue weighted by molar-refractivity contribution is 5.54. The molecule has 0 aromatic rings. The molecular formula is C15H26O. The second-order valence-corrected chi connectivity index (χ2v) is 6.28. The topological polar surface area (TPSA) is 17.1 Å². The van der Waals surface area contributed by atoms with E-state index in [2.05, 4.69) is 13.8 Å². The summed E-state index contributed by atoms with van der Waals surface area (Å²) in [5.41, 5.74) is 0. The van der Waals surface area contributed by atoms with E-state index in [4.69, 9.17) is 0 Å². The Morgan fingerprint density at radius 1 is 0.938 bits per heavy atom. The maximum absolute atomic E-state index is 11.2. The molecular weight excluding hydrogens is 196 g/mol. The first kappa shape index (κ1) is 12.1. The van der Waals surface area contributed by atoms with Gasteiger partial charge in [0, 0.05) is 5.92 Å². The molecule has 0 aromatic carbocycles. The number of carbonyl (C=O) groups excluding carboxylic acids is 1. The lowest BCUT2D eigenvalue weighted by Crippen LogP contribution is -2.33. The molecule has 0 bridgehead atoms. The van der Waals surface area contributed by atoms with Gasteiger partial charge in [-0.25, -0.2) is 0 Å². The van der Waals surface area contributed by atoms with Gasteiger partial charge in [-0.05, 0) is 49.4 Å². The quantitative estimate of drug-likeness (QED) is 0.644. The first-order chi connectivity index (χ1) is 7.72. The van der Waals surface area contributed by atoms with E-state index in [1.165, 1.54) is 44.8 Å². The van der Waals surface area contributed by atoms with E-state index < -0.39 is 0 Å². The molecule has 2 saturated carbocycles. The Balaban J connectivity index is 1.97. The molecule has 92 valence electrons. The van der Waals surface area contributed by atoms with Crippen LogP contribution in [-0.2, 0) is 4.79 Å². The van der Waals surface area contributed by atoms with Gasteiger partial charge in [0.2, 0.25) is 0 Å². The van der Waals surface area contributed by atoms with E-state index >= 15 is 0 Å². The summed E-state index contributed by atoms with van der Waals surface area (Å²) in [6.07, 6.45) is 10.5. The van der Waals surface area contributed by atoms with Gasteiger partial charge in [0.05, 0.1) is 0 Å². The van der Waals surface area contributed by atoms with Crippen molar-refractivity contribution in [1.82, 2.24) is 0 Å². The predicted octanol–water partition coefficient (Wildman–Crippen LogP) is 4.06. The average Bonchev–Trinajstić information content (AvgIpc) is 2.32. The Hall–Kier alpha value is -0.330. The van der Waals surface area contributed by atoms with Crippen molar-refractivity contribution >= 4 is 6.29 Å². The fraction of sp³-hybridized carbons (Fsp3) is 0.933. The van der Waals surface area contributed by atoms with E-state index in [1.807, 2.05) is 0 Å². The monoisotopic (exact) mass is 222 g/mol. The van der Waals surface area contributed by atoms with Crippen LogP contribution in [0.4, 0.5) is 0 Å². The van der Waals surface area contributed by atoms with E-state index in [1.54, 1.807) is 0 Å². The number of aldehydes is 1. The minimum Gasteiger partial charge on any atom is -0.303 e. The van der Waals surface area contributed by atoms with Gasteiger partial charge in [-0.1, -0.05) is 33.1 Å². The normalized spacial score (nSPS) is 45.2. The van der Waals surface area contributed by atoms with Crippen LogP contribution in [0.2, 0.25) is 0 Å². The van der Waals surface area contributed by atoms with Gasteiger partial charge in [0.1, 0.15) is 6.29 Å². The first-order valence-electron chi connectivity index (χ1n) is 7.17. The molecule has 2 aliphatic rings. The van der Waals surface area contributed by atoms with Gasteiger partial charge < -0.3 is 4.79 Å². The van der Waals surface area contributed by atoms with Crippen molar-refractivity contribution in [3.63, 3.8) is 0 Å². The van der Waals surface area contributed by atoms with Gasteiger partial charge in [-0.15, -0.1) is 0 Å². The van der Waals surface area contributed by atoms with E-state index in [0.29, 0.717) is 5.92 Å². The number of carbonyl (C=O) groups is 1. The fourth-order valence-electron chi connectivity index (χ4n) is 3.92. The predicted molar refractivity (Wildman–Crippen MR) is 67.2 cm³/mol. The highest BCUT2D eigenvalue weighted by atomic mass is 16.1. The van der Waals surface area contributed by atoms with Crippen molar-refractivity contribution in [2.75, 3.05) is 0 Å². The Kier molecular flexibility index (Phi) is 4.05. The molecule has 0 amide bonds. The van der Waals surface area contributed by atoms with Gasteiger partial charge in [0.15, 0.2) is 0 Å². The fourth-order valence-corrected chi connectivity index (χ4v) is 3.92. The second kappa shape index (κ2) is 5.33. The van der Waals surface area contributed by atoms with Crippen LogP contribution in [0, 0.1) is 29.6 Å². The molecule has 2 rings (SSSR count). The smallest absolute Gasteiger partial charge is 0.123 e. The summed E-state index contributed by atoms with van der Waals surface area (Å²) in [5, 5.41) is 0. The minimum atomic E-state index is 0.388. The molecule has 5 unspecified atom stereocenters. The molecule has 16 heavy (non-hydrogen) atoms. The standard InChI is InChI=1S/C15H26O/c1-11-7-8-13(9-12(11)2)15-6-4-3-5-14(15)10-16/h10-15H,3-9H2,1-2H3. The summed E-state index contributed by atoms with van der Waals surface area (Å²) in [7, 11) is 0. The third-order valence-corrected chi connectivity index (χ3v) is 5.29. The van der Waals surface area contributed by atoms with Crippen molar-refractivity contribution in [2.24, 2.45) is 29.6 Å². The van der Waals surface area contributed by atoms with Crippen molar-refractivity contribution in [2.45, 2.75) is 58.8 Å². The lowest BCUT2D eigenvalue weighted by atomic mass is 9.64. The van der Waals surface area contributed by atoms with E-state index in [-0.39, 0.29) is 0 Å². The third kappa shape index (κ3) is 2.49. The molecule has 0 aromatic heterocycles. The van der Waals surface area contributed by atoms with Crippen molar-refractivity contribution in [3.8, 4) is 0 Å². The van der Waals surface area contributed by atoms with Gasteiger partial charge in [-0.2, -0.15) is 0 Å². The minimum absolute atomic E-state index is 0.388. The second-order valence-electron chi connectivity index (χ2n) is 6.28. The summed E-state index contributed by atoms with van der Waals surface area (Å²) >= 11 is 0. The maximum atomic E-state index is 11.2. The molecule has 0 radical (unpaired) electrons. The Bertz CT molecular complexity index is 236. The number of hydrogen-bond donors (Lipinski definition) is 0. The molecule has 0 aliphatic heterocycles. The summed E-state index contributed by atoms with van der Waals surface area (Å²) in [6.45, 7) is 4.79. The van der Waals surface area contributed by atoms with Crippen LogP contribution < -0.4 is 0 Å². The highest BCUT2D eigenvalue weighted by Crippen LogP contribution is 2.43. The average molecular weight is 222 g/mol. The Morgan fingerprint density at radius 2 is 1.69 bits per heavy atom. The molecule has 0 N–H and O–H groups in total. The molecule has 0 saturated heterocycles. The molecule has 0 heterocycles. The summed E-state index contributed by atoms with van der Waals surface area (Å²) < 4.78 is 0. The number of hydrogen-bond acceptors (Lipinski definition) is 1. The van der Waals surface area contributed by atoms with Crippen molar-refractivity contribution in [3.05, 3.63) is 0 Å². The third-order valence-electron chi connectivity index (χ3n) is 5.29. The van der Waals surface area contributed by atoms with Crippen molar-refractivity contribution in [1.29, 1.82) is 0 Å². The zero-order chi connectivity index (χ0) is 11.5. The van der Waals surface area contributed by atoms with Crippen LogP contribution in [0.25, 0.3) is 0 Å². The van der Waals surface area contributed by atoms with E-state index in [0.717, 1.165) is 30.1 Å². The lowest BCUT2D eigenvalue weighted by molar-refractivity contribution is -0.114. The summed E-state index contributed by atoms with van der Waals surface area (Å²) in [5.74, 6) is 3.73. The molecule has 1 heteroatoms. The molecule has 1 nitrogen and oxygen atoms in total. The highest BCUT2D eigenvalue weighted by Gasteiger charge is 2.35. The SMILES string of the molecule is CC1CCC(C2CCCCC2C=O)CC1C. The van der Waals surface area contributed by atoms with Gasteiger partial charge in [0.25, 0.3) is 0 Å². The van der Waals surface area contributed by atoms with Crippen LogP contribution in [0.15, 0.2) is 0 Å². The summed E-state index contributed by atoms with van der Waals surface area (Å²) in [4.78, 5) is 11.2. The summed E-state index contributed by atoms with van der Waals surface area (Å²) in [6, 6.07) is 0. The van der Waals surface area contributed by atoms with Gasteiger partial charge in [-0.3, -0.25) is 0 Å². The van der Waals surface area contributed by atoms with Gasteiger partial charge >= 0.3 is 0 Å². The first-order valence-corrected chi connectivity index (χ1v) is 7.17. The molecule has 2 aliphatic carbocycles. The molecule has 2 fully saturated rings. The van der Waals surface area contributed by atoms with Crippen molar-refractivity contribution < 1.29 is 4.79 Å². The number of rotatable bonds is 2. The lowest BCUT2D eigenvalue weighted by Gasteiger charge is -2.40. The van der Waals surface area contributed by atoms with Crippen LogP contribution in [0.3, 0.4) is 0 Å².